The van der Waals surface area contributed by atoms with E-state index in [0.29, 0.717) is 12.0 Å². The monoisotopic (exact) mass is 214 g/mol. The minimum Gasteiger partial charge on any atom is -0.508 e. The fourth-order valence-electron chi connectivity index (χ4n) is 1.91. The summed E-state index contributed by atoms with van der Waals surface area (Å²) in [5.41, 5.74) is 0.581. The molecule has 16 heavy (non-hydrogen) atoms. The summed E-state index contributed by atoms with van der Waals surface area (Å²) >= 11 is 0. The molecule has 2 nitrogen and oxygen atoms in total. The first kappa shape index (κ1) is 10.7. The van der Waals surface area contributed by atoms with Gasteiger partial charge in [-0.25, -0.2) is 0 Å². The van der Waals surface area contributed by atoms with Crippen molar-refractivity contribution >= 4 is 10.8 Å². The lowest BCUT2D eigenvalue weighted by Crippen LogP contribution is -1.97. The molecule has 0 aliphatic rings. The van der Waals surface area contributed by atoms with Crippen LogP contribution in [-0.4, -0.2) is 10.2 Å². The second kappa shape index (κ2) is 4.37. The molecule has 2 rings (SSSR count). The van der Waals surface area contributed by atoms with Gasteiger partial charge in [0.15, 0.2) is 0 Å². The molecule has 2 heteroatoms. The number of hydrogen-bond acceptors (Lipinski definition) is 2. The van der Waals surface area contributed by atoms with E-state index in [2.05, 4.69) is 6.58 Å². The van der Waals surface area contributed by atoms with Crippen LogP contribution in [0.1, 0.15) is 18.1 Å². The minimum atomic E-state index is -0.705. The number of phenols is 1. The van der Waals surface area contributed by atoms with Gasteiger partial charge in [-0.15, -0.1) is 6.58 Å². The van der Waals surface area contributed by atoms with Gasteiger partial charge in [0, 0.05) is 5.56 Å². The van der Waals surface area contributed by atoms with Gasteiger partial charge in [0.25, 0.3) is 0 Å². The molecule has 2 aromatic rings. The number of aromatic hydroxyl groups is 1. The first-order valence-corrected chi connectivity index (χ1v) is 5.23. The number of benzene rings is 2. The van der Waals surface area contributed by atoms with Crippen molar-refractivity contribution in [2.75, 3.05) is 0 Å². The Bertz CT molecular complexity index is 517. The molecular formula is C14H14O2. The van der Waals surface area contributed by atoms with Crippen molar-refractivity contribution < 1.29 is 10.2 Å². The minimum absolute atomic E-state index is 0.132. The van der Waals surface area contributed by atoms with Gasteiger partial charge in [0.1, 0.15) is 5.75 Å². The van der Waals surface area contributed by atoms with Crippen molar-refractivity contribution in [1.29, 1.82) is 0 Å². The van der Waals surface area contributed by atoms with E-state index < -0.39 is 6.10 Å². The number of fused-ring (bicyclic) bond motifs is 1. The molecule has 0 bridgehead atoms. The Kier molecular flexibility index (Phi) is 2.93. The highest BCUT2D eigenvalue weighted by molar-refractivity contribution is 5.88. The summed E-state index contributed by atoms with van der Waals surface area (Å²) in [7, 11) is 0. The van der Waals surface area contributed by atoms with E-state index in [1.165, 1.54) is 0 Å². The molecular weight excluding hydrogens is 200 g/mol. The van der Waals surface area contributed by atoms with E-state index in [9.17, 15) is 10.2 Å². The number of aliphatic hydroxyl groups excluding tert-OH is 1. The molecule has 0 saturated carbocycles. The van der Waals surface area contributed by atoms with Crippen LogP contribution >= 0.6 is 0 Å². The lowest BCUT2D eigenvalue weighted by Gasteiger charge is -2.13. The van der Waals surface area contributed by atoms with Gasteiger partial charge in [0.05, 0.1) is 6.10 Å². The fourth-order valence-corrected chi connectivity index (χ4v) is 1.91. The van der Waals surface area contributed by atoms with Crippen LogP contribution in [0.15, 0.2) is 49.1 Å². The summed E-state index contributed by atoms with van der Waals surface area (Å²) in [6.45, 7) is 3.59. The Morgan fingerprint density at radius 1 is 1.19 bits per heavy atom. The maximum Gasteiger partial charge on any atom is 0.122 e. The summed E-state index contributed by atoms with van der Waals surface area (Å²) in [6.07, 6.45) is 1.37. The Labute approximate surface area is 94.5 Å². The smallest absolute Gasteiger partial charge is 0.122 e. The molecule has 0 radical (unpaired) electrons. The van der Waals surface area contributed by atoms with Gasteiger partial charge < -0.3 is 10.2 Å². The van der Waals surface area contributed by atoms with Crippen LogP contribution in [-0.2, 0) is 0 Å². The van der Waals surface area contributed by atoms with Crippen LogP contribution in [0.5, 0.6) is 5.75 Å². The molecule has 2 aromatic carbocycles. The Morgan fingerprint density at radius 3 is 2.69 bits per heavy atom. The predicted molar refractivity (Wildman–Crippen MR) is 65.4 cm³/mol. The van der Waals surface area contributed by atoms with Crippen molar-refractivity contribution in [2.24, 2.45) is 0 Å². The first-order chi connectivity index (χ1) is 7.74. The van der Waals surface area contributed by atoms with Crippen LogP contribution in [0.3, 0.4) is 0 Å². The summed E-state index contributed by atoms with van der Waals surface area (Å²) in [6, 6.07) is 11.1. The van der Waals surface area contributed by atoms with Gasteiger partial charge in [-0.3, -0.25) is 0 Å². The van der Waals surface area contributed by atoms with Gasteiger partial charge in [-0.2, -0.15) is 0 Å². The molecule has 0 spiro atoms. The van der Waals surface area contributed by atoms with Crippen LogP contribution in [0.4, 0.5) is 0 Å². The molecule has 82 valence electrons. The van der Waals surface area contributed by atoms with Gasteiger partial charge in [0.2, 0.25) is 0 Å². The van der Waals surface area contributed by atoms with E-state index in [1.807, 2.05) is 30.3 Å². The topological polar surface area (TPSA) is 40.5 Å². The zero-order valence-corrected chi connectivity index (χ0v) is 8.93. The van der Waals surface area contributed by atoms with E-state index in [0.717, 1.165) is 10.8 Å². The zero-order valence-electron chi connectivity index (χ0n) is 8.93. The van der Waals surface area contributed by atoms with E-state index >= 15 is 0 Å². The standard InChI is InChI=1S/C14H14O2/c1-2-5-12(15)14-11-7-4-3-6-10(11)8-9-13(14)16/h2-4,6-9,12,15-16H,1,5H2. The average molecular weight is 214 g/mol. The van der Waals surface area contributed by atoms with Crippen molar-refractivity contribution in [1.82, 2.24) is 0 Å². The van der Waals surface area contributed by atoms with E-state index in [-0.39, 0.29) is 5.75 Å². The highest BCUT2D eigenvalue weighted by Crippen LogP contribution is 2.33. The molecule has 0 heterocycles. The number of rotatable bonds is 3. The third-order valence-electron chi connectivity index (χ3n) is 2.67. The van der Waals surface area contributed by atoms with Gasteiger partial charge in [-0.05, 0) is 23.3 Å². The lowest BCUT2D eigenvalue weighted by atomic mass is 9.97. The summed E-state index contributed by atoms with van der Waals surface area (Å²) in [5, 5.41) is 21.7. The Balaban J connectivity index is 2.65. The molecule has 0 saturated heterocycles. The molecule has 0 aromatic heterocycles. The summed E-state index contributed by atoms with van der Waals surface area (Å²) < 4.78 is 0. The van der Waals surface area contributed by atoms with Gasteiger partial charge in [-0.1, -0.05) is 36.4 Å². The number of aliphatic hydroxyl groups is 1. The summed E-state index contributed by atoms with van der Waals surface area (Å²) in [5.74, 6) is 0.132. The maximum absolute atomic E-state index is 9.97. The second-order valence-corrected chi connectivity index (χ2v) is 3.76. The SMILES string of the molecule is C=CCC(O)c1c(O)ccc2ccccc12. The lowest BCUT2D eigenvalue weighted by molar-refractivity contribution is 0.179. The first-order valence-electron chi connectivity index (χ1n) is 5.23. The van der Waals surface area contributed by atoms with Crippen LogP contribution < -0.4 is 0 Å². The number of phenolic OH excluding ortho intramolecular Hbond substituents is 1. The molecule has 0 aliphatic heterocycles. The third-order valence-corrected chi connectivity index (χ3v) is 2.67. The van der Waals surface area contributed by atoms with Gasteiger partial charge >= 0.3 is 0 Å². The highest BCUT2D eigenvalue weighted by Gasteiger charge is 2.14. The van der Waals surface area contributed by atoms with E-state index in [1.54, 1.807) is 12.1 Å². The average Bonchev–Trinajstić information content (AvgIpc) is 2.29. The Morgan fingerprint density at radius 2 is 1.94 bits per heavy atom. The number of hydrogen-bond donors (Lipinski definition) is 2. The molecule has 1 unspecified atom stereocenters. The second-order valence-electron chi connectivity index (χ2n) is 3.76. The van der Waals surface area contributed by atoms with Crippen molar-refractivity contribution in [3.63, 3.8) is 0 Å². The summed E-state index contributed by atoms with van der Waals surface area (Å²) in [4.78, 5) is 0. The van der Waals surface area contributed by atoms with Crippen LogP contribution in [0.2, 0.25) is 0 Å². The molecule has 0 amide bonds. The molecule has 2 N–H and O–H groups in total. The normalized spacial score (nSPS) is 12.6. The van der Waals surface area contributed by atoms with Crippen molar-refractivity contribution in [3.05, 3.63) is 54.6 Å². The third kappa shape index (κ3) is 1.79. The molecule has 1 atom stereocenters. The fraction of sp³-hybridized carbons (Fsp3) is 0.143. The van der Waals surface area contributed by atoms with Crippen LogP contribution in [0.25, 0.3) is 10.8 Å². The highest BCUT2D eigenvalue weighted by atomic mass is 16.3. The van der Waals surface area contributed by atoms with Crippen molar-refractivity contribution in [2.45, 2.75) is 12.5 Å². The van der Waals surface area contributed by atoms with Crippen molar-refractivity contribution in [3.8, 4) is 5.75 Å². The largest absolute Gasteiger partial charge is 0.508 e. The quantitative estimate of drug-likeness (QED) is 0.770. The van der Waals surface area contributed by atoms with E-state index in [4.69, 9.17) is 0 Å². The molecule has 0 fully saturated rings. The zero-order chi connectivity index (χ0) is 11.5. The molecule has 0 aliphatic carbocycles. The predicted octanol–water partition coefficient (Wildman–Crippen LogP) is 3.15. The van der Waals surface area contributed by atoms with Crippen LogP contribution in [0, 0.1) is 0 Å². The Hall–Kier alpha value is -1.80. The maximum atomic E-state index is 9.97.